The zero-order chi connectivity index (χ0) is 23.6. The predicted octanol–water partition coefficient (Wildman–Crippen LogP) is 3.23. The molecule has 3 N–H and O–H groups in total. The van der Waals surface area contributed by atoms with E-state index in [1.807, 2.05) is 0 Å². The highest BCUT2D eigenvalue weighted by molar-refractivity contribution is 6.08. The first-order valence-electron chi connectivity index (χ1n) is 9.81. The lowest BCUT2D eigenvalue weighted by Crippen LogP contribution is -2.52. The molecule has 0 radical (unpaired) electrons. The number of halogens is 3. The van der Waals surface area contributed by atoms with Gasteiger partial charge in [0, 0.05) is 17.3 Å². The summed E-state index contributed by atoms with van der Waals surface area (Å²) in [6.45, 7) is -0.243. The number of carbonyl (C=O) groups excluding carboxylic acids is 3. The van der Waals surface area contributed by atoms with Crippen molar-refractivity contribution in [1.29, 1.82) is 0 Å². The predicted molar refractivity (Wildman–Crippen MR) is 112 cm³/mol. The van der Waals surface area contributed by atoms with Crippen molar-refractivity contribution in [2.45, 2.75) is 11.7 Å². The largest absolute Gasteiger partial charge is 0.433 e. The summed E-state index contributed by atoms with van der Waals surface area (Å²) in [6.07, 6.45) is -3.53. The third kappa shape index (κ3) is 4.27. The van der Waals surface area contributed by atoms with Gasteiger partial charge in [0.1, 0.15) is 5.69 Å². The zero-order valence-corrected chi connectivity index (χ0v) is 16.9. The molecular formula is C23H17F3N4O3. The van der Waals surface area contributed by atoms with Crippen molar-refractivity contribution in [2.75, 3.05) is 6.54 Å². The van der Waals surface area contributed by atoms with Gasteiger partial charge in [-0.1, -0.05) is 54.6 Å². The van der Waals surface area contributed by atoms with Gasteiger partial charge in [0.05, 0.1) is 6.54 Å². The second kappa shape index (κ2) is 8.38. The number of nitrogens with one attached hydrogen (secondary N) is 3. The summed E-state index contributed by atoms with van der Waals surface area (Å²) in [7, 11) is 0. The highest BCUT2D eigenvalue weighted by Gasteiger charge is 2.48. The van der Waals surface area contributed by atoms with Crippen LogP contribution in [0.4, 0.5) is 18.0 Å². The Hall–Kier alpha value is -4.21. The van der Waals surface area contributed by atoms with E-state index < -0.39 is 35.3 Å². The number of carbonyl (C=O) groups is 3. The first-order chi connectivity index (χ1) is 15.7. The van der Waals surface area contributed by atoms with E-state index in [-0.39, 0.29) is 12.1 Å². The van der Waals surface area contributed by atoms with Crippen molar-refractivity contribution in [3.8, 4) is 11.1 Å². The molecule has 1 atom stereocenters. The van der Waals surface area contributed by atoms with Crippen molar-refractivity contribution in [3.63, 3.8) is 0 Å². The summed E-state index contributed by atoms with van der Waals surface area (Å²) in [5.41, 5.74) is -1.20. The lowest BCUT2D eigenvalue weighted by Gasteiger charge is -2.27. The molecule has 10 heteroatoms. The molecule has 0 aliphatic carbocycles. The monoisotopic (exact) mass is 454 g/mol. The van der Waals surface area contributed by atoms with E-state index in [9.17, 15) is 27.6 Å². The van der Waals surface area contributed by atoms with Crippen LogP contribution in [0.1, 0.15) is 21.6 Å². The van der Waals surface area contributed by atoms with Crippen LogP contribution in [0.2, 0.25) is 0 Å². The Morgan fingerprint density at radius 2 is 1.67 bits per heavy atom. The molecule has 4 rings (SSSR count). The van der Waals surface area contributed by atoms with Crippen LogP contribution in [0.15, 0.2) is 72.9 Å². The minimum Gasteiger partial charge on any atom is -0.349 e. The Balaban J connectivity index is 1.61. The van der Waals surface area contributed by atoms with E-state index in [4.69, 9.17) is 0 Å². The molecule has 1 aliphatic rings. The van der Waals surface area contributed by atoms with Gasteiger partial charge >= 0.3 is 12.2 Å². The molecule has 4 amide bonds. The fourth-order valence-corrected chi connectivity index (χ4v) is 3.61. The number of nitrogens with zero attached hydrogens (tertiary/aromatic N) is 1. The number of imide groups is 1. The van der Waals surface area contributed by atoms with Crippen molar-refractivity contribution in [3.05, 3.63) is 89.7 Å². The van der Waals surface area contributed by atoms with Crippen molar-refractivity contribution in [2.24, 2.45) is 0 Å². The molecule has 1 saturated heterocycles. The van der Waals surface area contributed by atoms with Crippen molar-refractivity contribution >= 4 is 17.8 Å². The molecule has 1 unspecified atom stereocenters. The summed E-state index contributed by atoms with van der Waals surface area (Å²) in [6, 6.07) is 16.2. The number of benzene rings is 2. The Labute approximate surface area is 186 Å². The smallest absolute Gasteiger partial charge is 0.349 e. The topological polar surface area (TPSA) is 100 Å². The summed E-state index contributed by atoms with van der Waals surface area (Å²) in [4.78, 5) is 40.9. The molecule has 2 heterocycles. The number of hydrogen-bond acceptors (Lipinski definition) is 4. The molecule has 33 heavy (non-hydrogen) atoms. The van der Waals surface area contributed by atoms with Gasteiger partial charge in [-0.15, -0.1) is 0 Å². The Morgan fingerprint density at radius 3 is 2.27 bits per heavy atom. The minimum absolute atomic E-state index is 0.173. The van der Waals surface area contributed by atoms with Crippen LogP contribution in [0.25, 0.3) is 11.1 Å². The zero-order valence-electron chi connectivity index (χ0n) is 16.9. The third-order valence-electron chi connectivity index (χ3n) is 5.26. The number of hydrogen-bond donors (Lipinski definition) is 3. The van der Waals surface area contributed by atoms with Gasteiger partial charge in [-0.2, -0.15) is 13.2 Å². The van der Waals surface area contributed by atoms with Crippen LogP contribution < -0.4 is 16.0 Å². The Morgan fingerprint density at radius 1 is 0.970 bits per heavy atom. The maximum atomic E-state index is 13.0. The Bertz CT molecular complexity index is 1210. The lowest BCUT2D eigenvalue weighted by molar-refractivity contribution is -0.141. The van der Waals surface area contributed by atoms with Gasteiger partial charge in [-0.3, -0.25) is 19.9 Å². The molecule has 1 aromatic heterocycles. The molecule has 0 bridgehead atoms. The van der Waals surface area contributed by atoms with Crippen LogP contribution in [-0.4, -0.2) is 29.4 Å². The summed E-state index contributed by atoms with van der Waals surface area (Å²) in [5.74, 6) is -1.19. The van der Waals surface area contributed by atoms with Crippen LogP contribution in [0.3, 0.4) is 0 Å². The van der Waals surface area contributed by atoms with Crippen molar-refractivity contribution < 1.29 is 27.6 Å². The maximum Gasteiger partial charge on any atom is 0.433 e. The molecular weight excluding hydrogens is 437 g/mol. The molecule has 1 aliphatic heterocycles. The summed E-state index contributed by atoms with van der Waals surface area (Å²) >= 11 is 0. The first kappa shape index (κ1) is 22.0. The maximum absolute atomic E-state index is 13.0. The SMILES string of the molecule is O=C1NC(=O)C(CNC(=O)c2ccccc2-c2ccc(C(F)(F)F)nc2)(c2ccccc2)N1. The number of aromatic nitrogens is 1. The van der Waals surface area contributed by atoms with E-state index >= 15 is 0 Å². The average Bonchev–Trinajstić information content (AvgIpc) is 3.11. The number of rotatable bonds is 5. The number of amides is 4. The summed E-state index contributed by atoms with van der Waals surface area (Å²) in [5, 5.41) is 7.42. The molecule has 1 fully saturated rings. The van der Waals surface area contributed by atoms with Gasteiger partial charge in [0.2, 0.25) is 0 Å². The van der Waals surface area contributed by atoms with Gasteiger partial charge in [0.15, 0.2) is 5.54 Å². The minimum atomic E-state index is -4.58. The van der Waals surface area contributed by atoms with Crippen molar-refractivity contribution in [1.82, 2.24) is 20.9 Å². The highest BCUT2D eigenvalue weighted by Crippen LogP contribution is 2.30. The first-order valence-corrected chi connectivity index (χ1v) is 9.81. The van der Waals surface area contributed by atoms with Gasteiger partial charge < -0.3 is 10.6 Å². The Kier molecular flexibility index (Phi) is 5.59. The standard InChI is InChI=1S/C23H17F3N4O3/c24-23(25,26)18-11-10-14(12-27-18)16-8-4-5-9-17(16)19(31)28-13-22(15-6-2-1-3-7-15)20(32)29-21(33)30-22/h1-12H,13H2,(H,28,31)(H2,29,30,32,33). The highest BCUT2D eigenvalue weighted by atomic mass is 19.4. The van der Waals surface area contributed by atoms with E-state index in [1.54, 1.807) is 48.5 Å². The molecule has 3 aromatic rings. The molecule has 0 saturated carbocycles. The molecule has 168 valence electrons. The number of urea groups is 1. The molecule has 7 nitrogen and oxygen atoms in total. The van der Waals surface area contributed by atoms with Crippen LogP contribution in [0, 0.1) is 0 Å². The third-order valence-corrected chi connectivity index (χ3v) is 5.26. The van der Waals surface area contributed by atoms with E-state index in [2.05, 4.69) is 20.9 Å². The fourth-order valence-electron chi connectivity index (χ4n) is 3.61. The van der Waals surface area contributed by atoms with E-state index in [0.717, 1.165) is 12.3 Å². The summed E-state index contributed by atoms with van der Waals surface area (Å²) < 4.78 is 38.5. The number of pyridine rings is 1. The quantitative estimate of drug-likeness (QED) is 0.516. The van der Waals surface area contributed by atoms with Gasteiger partial charge in [0.25, 0.3) is 11.8 Å². The van der Waals surface area contributed by atoms with Gasteiger partial charge in [-0.05, 0) is 23.3 Å². The van der Waals surface area contributed by atoms with Crippen LogP contribution in [-0.2, 0) is 16.5 Å². The molecule has 2 aromatic carbocycles. The lowest BCUT2D eigenvalue weighted by atomic mass is 9.89. The normalized spacial score (nSPS) is 17.9. The second-order valence-electron chi connectivity index (χ2n) is 7.34. The molecule has 0 spiro atoms. The van der Waals surface area contributed by atoms with Crippen LogP contribution in [0.5, 0.6) is 0 Å². The van der Waals surface area contributed by atoms with E-state index in [1.165, 1.54) is 12.1 Å². The van der Waals surface area contributed by atoms with Gasteiger partial charge in [-0.25, -0.2) is 4.79 Å². The fraction of sp³-hybridized carbons (Fsp3) is 0.130. The van der Waals surface area contributed by atoms with E-state index in [0.29, 0.717) is 16.7 Å². The number of alkyl halides is 3. The second-order valence-corrected chi connectivity index (χ2v) is 7.34. The van der Waals surface area contributed by atoms with Crippen LogP contribution >= 0.6 is 0 Å². The average molecular weight is 454 g/mol.